The van der Waals surface area contributed by atoms with E-state index in [0.29, 0.717) is 55.0 Å². The maximum atomic E-state index is 11.4. The molecule has 0 radical (unpaired) electrons. The van der Waals surface area contributed by atoms with Crippen molar-refractivity contribution in [3.63, 3.8) is 0 Å². The molecule has 8 nitrogen and oxygen atoms in total. The van der Waals surface area contributed by atoms with Gasteiger partial charge in [0.15, 0.2) is 0 Å². The second-order valence-electron chi connectivity index (χ2n) is 6.25. The molecule has 0 unspecified atom stereocenters. The molecule has 1 aliphatic rings. The topological polar surface area (TPSA) is 116 Å². The number of aliphatic hydroxyl groups is 1. The summed E-state index contributed by atoms with van der Waals surface area (Å²) in [7, 11) is 0. The van der Waals surface area contributed by atoms with E-state index in [1.807, 2.05) is 0 Å². The minimum atomic E-state index is -1.12. The first-order valence-electron chi connectivity index (χ1n) is 8.32. The highest BCUT2D eigenvalue weighted by Gasteiger charge is 2.33. The number of aromatic nitrogens is 4. The minimum absolute atomic E-state index is 0.144. The summed E-state index contributed by atoms with van der Waals surface area (Å²) < 4.78 is 6.75. The van der Waals surface area contributed by atoms with Crippen LogP contribution >= 0.6 is 0 Å². The third-order valence-electron chi connectivity index (χ3n) is 4.41. The van der Waals surface area contributed by atoms with Gasteiger partial charge < -0.3 is 15.6 Å². The lowest BCUT2D eigenvalue weighted by molar-refractivity contribution is -0.152. The van der Waals surface area contributed by atoms with E-state index < -0.39 is 5.60 Å². The molecular weight excluding hydrogens is 322 g/mol. The van der Waals surface area contributed by atoms with E-state index in [1.54, 1.807) is 13.8 Å². The molecule has 0 saturated heterocycles. The van der Waals surface area contributed by atoms with Gasteiger partial charge in [0.1, 0.15) is 23.9 Å². The summed E-state index contributed by atoms with van der Waals surface area (Å²) in [6.07, 6.45) is 3.66. The first-order chi connectivity index (χ1) is 11.9. The zero-order valence-electron chi connectivity index (χ0n) is 14.3. The number of ether oxygens (including phenoxy) is 1. The molecule has 0 amide bonds. The van der Waals surface area contributed by atoms with Gasteiger partial charge in [-0.25, -0.2) is 4.98 Å². The van der Waals surface area contributed by atoms with Crippen molar-refractivity contribution < 1.29 is 14.6 Å². The lowest BCUT2D eigenvalue weighted by atomic mass is 9.83. The SMILES string of the molecule is CCC(=O)OC1CCC(O)(C#Cc2c(C)nc3ncnn3c2N)CC1. The van der Waals surface area contributed by atoms with E-state index in [2.05, 4.69) is 26.9 Å². The Balaban J connectivity index is 1.77. The molecule has 25 heavy (non-hydrogen) atoms. The fraction of sp³-hybridized carbons (Fsp3) is 0.529. The van der Waals surface area contributed by atoms with Crippen LogP contribution in [0, 0.1) is 18.8 Å². The smallest absolute Gasteiger partial charge is 0.305 e. The molecule has 1 fully saturated rings. The first-order valence-corrected chi connectivity index (χ1v) is 8.32. The molecule has 0 aliphatic heterocycles. The lowest BCUT2D eigenvalue weighted by Gasteiger charge is -2.31. The van der Waals surface area contributed by atoms with Crippen LogP contribution in [0.5, 0.6) is 0 Å². The number of nitrogens with zero attached hydrogens (tertiary/aromatic N) is 4. The van der Waals surface area contributed by atoms with Crippen LogP contribution in [-0.4, -0.2) is 42.4 Å². The van der Waals surface area contributed by atoms with Gasteiger partial charge in [0.25, 0.3) is 5.78 Å². The van der Waals surface area contributed by atoms with Crippen molar-refractivity contribution in [2.75, 3.05) is 5.73 Å². The summed E-state index contributed by atoms with van der Waals surface area (Å²) in [4.78, 5) is 19.7. The Labute approximate surface area is 145 Å². The zero-order valence-corrected chi connectivity index (χ0v) is 14.3. The average Bonchev–Trinajstić information content (AvgIpc) is 3.05. The molecule has 0 atom stereocenters. The number of carbonyl (C=O) groups is 1. The van der Waals surface area contributed by atoms with E-state index >= 15 is 0 Å². The van der Waals surface area contributed by atoms with Gasteiger partial charge in [-0.2, -0.15) is 14.6 Å². The van der Waals surface area contributed by atoms with Gasteiger partial charge in [0.05, 0.1) is 11.3 Å². The number of hydrogen-bond acceptors (Lipinski definition) is 7. The second-order valence-corrected chi connectivity index (χ2v) is 6.25. The normalized spacial score (nSPS) is 23.1. The number of nitrogens with two attached hydrogens (primary N) is 1. The van der Waals surface area contributed by atoms with E-state index in [0.717, 1.165) is 0 Å². The summed E-state index contributed by atoms with van der Waals surface area (Å²) in [5.74, 6) is 6.43. The zero-order chi connectivity index (χ0) is 18.0. The molecule has 1 aliphatic carbocycles. The van der Waals surface area contributed by atoms with Crippen LogP contribution in [0.4, 0.5) is 5.82 Å². The van der Waals surface area contributed by atoms with Gasteiger partial charge in [-0.05, 0) is 32.6 Å². The number of fused-ring (bicyclic) bond motifs is 1. The van der Waals surface area contributed by atoms with Crippen molar-refractivity contribution in [3.8, 4) is 11.8 Å². The first kappa shape index (κ1) is 17.2. The number of esters is 1. The summed E-state index contributed by atoms with van der Waals surface area (Å²) in [5.41, 5.74) is 6.15. The van der Waals surface area contributed by atoms with Crippen molar-refractivity contribution >= 4 is 17.6 Å². The van der Waals surface area contributed by atoms with Crippen molar-refractivity contribution in [1.82, 2.24) is 19.6 Å². The van der Waals surface area contributed by atoms with Crippen molar-refractivity contribution in [2.24, 2.45) is 0 Å². The monoisotopic (exact) mass is 343 g/mol. The minimum Gasteiger partial charge on any atom is -0.462 e. The Bertz CT molecular complexity index is 856. The van der Waals surface area contributed by atoms with Crippen LogP contribution < -0.4 is 5.73 Å². The second kappa shape index (κ2) is 6.69. The Morgan fingerprint density at radius 1 is 1.52 bits per heavy atom. The Hall–Kier alpha value is -2.66. The molecule has 3 N–H and O–H groups in total. The van der Waals surface area contributed by atoms with E-state index in [1.165, 1.54) is 10.8 Å². The van der Waals surface area contributed by atoms with Gasteiger partial charge in [-0.15, -0.1) is 0 Å². The maximum Gasteiger partial charge on any atom is 0.305 e. The Kier molecular flexibility index (Phi) is 4.59. The van der Waals surface area contributed by atoms with E-state index in [4.69, 9.17) is 10.5 Å². The molecule has 0 bridgehead atoms. The van der Waals surface area contributed by atoms with Crippen LogP contribution in [-0.2, 0) is 9.53 Å². The number of rotatable bonds is 2. The molecule has 3 rings (SSSR count). The number of nitrogen functional groups attached to an aromatic ring is 1. The van der Waals surface area contributed by atoms with Gasteiger partial charge in [-0.1, -0.05) is 18.8 Å². The molecule has 2 aromatic heterocycles. The Morgan fingerprint density at radius 2 is 2.24 bits per heavy atom. The highest BCUT2D eigenvalue weighted by molar-refractivity contribution is 5.69. The third kappa shape index (κ3) is 3.56. The summed E-state index contributed by atoms with van der Waals surface area (Å²) >= 11 is 0. The van der Waals surface area contributed by atoms with Gasteiger partial charge in [0, 0.05) is 6.42 Å². The highest BCUT2D eigenvalue weighted by Crippen LogP contribution is 2.30. The standard InChI is InChI=1S/C17H21N5O3/c1-3-14(23)25-12-4-7-17(24,8-5-12)9-6-13-11(2)21-16-19-10-20-22(16)15(13)18/h10,12,24H,3-5,7-8,18H2,1-2H3. The largest absolute Gasteiger partial charge is 0.462 e. The fourth-order valence-electron chi connectivity index (χ4n) is 2.89. The van der Waals surface area contributed by atoms with Crippen LogP contribution in [0.25, 0.3) is 5.78 Å². The van der Waals surface area contributed by atoms with Crippen LogP contribution in [0.3, 0.4) is 0 Å². The number of hydrogen-bond donors (Lipinski definition) is 2. The highest BCUT2D eigenvalue weighted by atomic mass is 16.5. The van der Waals surface area contributed by atoms with Crippen LogP contribution in [0.1, 0.15) is 50.3 Å². The molecule has 0 aromatic carbocycles. The summed E-state index contributed by atoms with van der Waals surface area (Å²) in [5, 5.41) is 14.7. The van der Waals surface area contributed by atoms with Gasteiger partial charge >= 0.3 is 5.97 Å². The van der Waals surface area contributed by atoms with E-state index in [-0.39, 0.29) is 12.1 Å². The molecule has 2 heterocycles. The van der Waals surface area contributed by atoms with Crippen molar-refractivity contribution in [3.05, 3.63) is 17.6 Å². The maximum absolute atomic E-state index is 11.4. The lowest BCUT2D eigenvalue weighted by Crippen LogP contribution is -2.36. The number of anilines is 1. The fourth-order valence-corrected chi connectivity index (χ4v) is 2.89. The Morgan fingerprint density at radius 3 is 2.92 bits per heavy atom. The molecule has 132 valence electrons. The predicted molar refractivity (Wildman–Crippen MR) is 90.4 cm³/mol. The molecule has 2 aromatic rings. The average molecular weight is 343 g/mol. The third-order valence-corrected chi connectivity index (χ3v) is 4.41. The van der Waals surface area contributed by atoms with E-state index in [9.17, 15) is 9.90 Å². The van der Waals surface area contributed by atoms with Gasteiger partial charge in [-0.3, -0.25) is 4.79 Å². The van der Waals surface area contributed by atoms with Crippen LogP contribution in [0.2, 0.25) is 0 Å². The number of aryl methyl sites for hydroxylation is 1. The molecule has 0 spiro atoms. The summed E-state index contributed by atoms with van der Waals surface area (Å²) in [6, 6.07) is 0. The molecule has 1 saturated carbocycles. The number of carbonyl (C=O) groups excluding carboxylic acids is 1. The van der Waals surface area contributed by atoms with Gasteiger partial charge in [0.2, 0.25) is 0 Å². The van der Waals surface area contributed by atoms with Crippen molar-refractivity contribution in [1.29, 1.82) is 0 Å². The molecule has 8 heteroatoms. The molecular formula is C17H21N5O3. The predicted octanol–water partition coefficient (Wildman–Crippen LogP) is 0.993. The summed E-state index contributed by atoms with van der Waals surface area (Å²) in [6.45, 7) is 3.56. The van der Waals surface area contributed by atoms with Crippen LogP contribution in [0.15, 0.2) is 6.33 Å². The quantitative estimate of drug-likeness (QED) is 0.617. The van der Waals surface area contributed by atoms with Crippen molar-refractivity contribution in [2.45, 2.75) is 57.7 Å².